The lowest BCUT2D eigenvalue weighted by molar-refractivity contribution is 0.151. The number of aromatic amines is 1. The summed E-state index contributed by atoms with van der Waals surface area (Å²) in [4.78, 5) is 18.5. The Morgan fingerprint density at radius 2 is 1.81 bits per heavy atom. The molecule has 0 aliphatic carbocycles. The molecule has 0 amide bonds. The van der Waals surface area contributed by atoms with E-state index in [0.29, 0.717) is 31.8 Å². The molecule has 4 rings (SSSR count). The molecular formula is C27H34N6O3. The number of hydrogen-bond donors (Lipinski definition) is 1. The zero-order valence-corrected chi connectivity index (χ0v) is 21.6. The van der Waals surface area contributed by atoms with Crippen LogP contribution < -0.4 is 10.3 Å². The largest absolute Gasteiger partial charge is 0.497 e. The topological polar surface area (TPSA) is 98.2 Å². The minimum Gasteiger partial charge on any atom is -0.497 e. The highest BCUT2D eigenvalue weighted by Crippen LogP contribution is 2.27. The summed E-state index contributed by atoms with van der Waals surface area (Å²) in [7, 11) is 3.32. The third kappa shape index (κ3) is 5.63. The van der Waals surface area contributed by atoms with Gasteiger partial charge in [0.15, 0.2) is 5.82 Å². The number of nitrogens with zero attached hydrogens (tertiary/aromatic N) is 5. The van der Waals surface area contributed by atoms with Gasteiger partial charge in [0.1, 0.15) is 5.75 Å². The molecule has 0 bridgehead atoms. The van der Waals surface area contributed by atoms with E-state index in [9.17, 15) is 4.79 Å². The van der Waals surface area contributed by atoms with Crippen molar-refractivity contribution in [3.8, 4) is 5.75 Å². The highest BCUT2D eigenvalue weighted by atomic mass is 16.5. The first-order valence-corrected chi connectivity index (χ1v) is 12.2. The highest BCUT2D eigenvalue weighted by Gasteiger charge is 2.26. The first kappa shape index (κ1) is 25.5. The molecule has 9 heteroatoms. The molecule has 0 spiro atoms. The number of methoxy groups -OCH3 is 2. The second kappa shape index (κ2) is 11.5. The van der Waals surface area contributed by atoms with Crippen molar-refractivity contribution in [2.24, 2.45) is 0 Å². The van der Waals surface area contributed by atoms with E-state index in [0.717, 1.165) is 40.0 Å². The molecule has 0 fully saturated rings. The summed E-state index contributed by atoms with van der Waals surface area (Å²) in [6.45, 7) is 8.37. The number of fused-ring (bicyclic) bond motifs is 1. The molecule has 9 nitrogen and oxygen atoms in total. The van der Waals surface area contributed by atoms with E-state index in [1.54, 1.807) is 18.9 Å². The Balaban J connectivity index is 1.73. The summed E-state index contributed by atoms with van der Waals surface area (Å²) >= 11 is 0. The van der Waals surface area contributed by atoms with Crippen LogP contribution in [0.3, 0.4) is 0 Å². The first-order valence-electron chi connectivity index (χ1n) is 12.2. The fraction of sp³-hybridized carbons (Fsp3) is 0.407. The van der Waals surface area contributed by atoms with Crippen molar-refractivity contribution >= 4 is 10.9 Å². The molecule has 2 aromatic carbocycles. The fourth-order valence-electron chi connectivity index (χ4n) is 4.49. The zero-order chi connectivity index (χ0) is 25.7. The molecule has 36 heavy (non-hydrogen) atoms. The van der Waals surface area contributed by atoms with Gasteiger partial charge in [0.05, 0.1) is 26.3 Å². The smallest absolute Gasteiger partial charge is 0.252 e. The van der Waals surface area contributed by atoms with Gasteiger partial charge in [-0.15, -0.1) is 5.10 Å². The maximum Gasteiger partial charge on any atom is 0.252 e. The maximum atomic E-state index is 13.1. The summed E-state index contributed by atoms with van der Waals surface area (Å²) < 4.78 is 12.4. The van der Waals surface area contributed by atoms with Gasteiger partial charge in [-0.3, -0.25) is 9.69 Å². The quantitative estimate of drug-likeness (QED) is 0.340. The molecule has 2 aromatic heterocycles. The Bertz CT molecular complexity index is 1360. The number of nitrogens with one attached hydrogen (secondary N) is 1. The number of aryl methyl sites for hydroxylation is 2. The van der Waals surface area contributed by atoms with Crippen LogP contribution in [0.2, 0.25) is 0 Å². The molecule has 0 saturated heterocycles. The molecule has 4 aromatic rings. The van der Waals surface area contributed by atoms with E-state index in [4.69, 9.17) is 9.47 Å². The van der Waals surface area contributed by atoms with E-state index in [-0.39, 0.29) is 11.6 Å². The van der Waals surface area contributed by atoms with Gasteiger partial charge in [-0.1, -0.05) is 19.1 Å². The zero-order valence-electron chi connectivity index (χ0n) is 21.6. The van der Waals surface area contributed by atoms with Crippen LogP contribution in [0.15, 0.2) is 47.3 Å². The second-order valence-corrected chi connectivity index (χ2v) is 9.08. The number of tetrazole rings is 1. The first-order chi connectivity index (χ1) is 17.4. The Labute approximate surface area is 211 Å². The summed E-state index contributed by atoms with van der Waals surface area (Å²) in [6, 6.07) is 14.0. The van der Waals surface area contributed by atoms with Crippen LogP contribution in [0.5, 0.6) is 5.75 Å². The van der Waals surface area contributed by atoms with Crippen molar-refractivity contribution < 1.29 is 9.47 Å². The van der Waals surface area contributed by atoms with Crippen molar-refractivity contribution in [3.63, 3.8) is 0 Å². The van der Waals surface area contributed by atoms with E-state index < -0.39 is 0 Å². The van der Waals surface area contributed by atoms with Gasteiger partial charge >= 0.3 is 0 Å². The van der Waals surface area contributed by atoms with Gasteiger partial charge in [0, 0.05) is 31.3 Å². The summed E-state index contributed by atoms with van der Waals surface area (Å²) in [6.07, 6.45) is 0.771. The third-order valence-electron chi connectivity index (χ3n) is 6.65. The average Bonchev–Trinajstić information content (AvgIpc) is 3.33. The normalized spacial score (nSPS) is 12.4. The van der Waals surface area contributed by atoms with Crippen LogP contribution >= 0.6 is 0 Å². The van der Waals surface area contributed by atoms with E-state index >= 15 is 0 Å². The van der Waals surface area contributed by atoms with Gasteiger partial charge in [-0.2, -0.15) is 0 Å². The molecular weight excluding hydrogens is 456 g/mol. The van der Waals surface area contributed by atoms with Crippen molar-refractivity contribution in [1.82, 2.24) is 30.1 Å². The molecule has 0 aliphatic heterocycles. The Kier molecular flexibility index (Phi) is 8.12. The van der Waals surface area contributed by atoms with Crippen molar-refractivity contribution in [2.75, 3.05) is 20.8 Å². The fourth-order valence-corrected chi connectivity index (χ4v) is 4.49. The van der Waals surface area contributed by atoms with Gasteiger partial charge < -0.3 is 14.5 Å². The molecule has 1 atom stereocenters. The van der Waals surface area contributed by atoms with Crippen LogP contribution in [0.1, 0.15) is 47.5 Å². The van der Waals surface area contributed by atoms with Crippen LogP contribution in [0.4, 0.5) is 0 Å². The number of aromatic nitrogens is 5. The monoisotopic (exact) mass is 490 g/mol. The van der Waals surface area contributed by atoms with Crippen molar-refractivity contribution in [1.29, 1.82) is 0 Å². The number of pyridine rings is 1. The number of benzene rings is 2. The van der Waals surface area contributed by atoms with Crippen molar-refractivity contribution in [2.45, 2.75) is 52.9 Å². The van der Waals surface area contributed by atoms with Crippen LogP contribution in [-0.4, -0.2) is 50.9 Å². The van der Waals surface area contributed by atoms with E-state index in [1.165, 1.54) is 5.56 Å². The van der Waals surface area contributed by atoms with Gasteiger partial charge in [-0.25, -0.2) is 4.68 Å². The average molecular weight is 491 g/mol. The number of H-pyrrole nitrogens is 1. The third-order valence-corrected chi connectivity index (χ3v) is 6.65. The second-order valence-electron chi connectivity index (χ2n) is 9.08. The summed E-state index contributed by atoms with van der Waals surface area (Å²) in [5.41, 5.74) is 4.92. The van der Waals surface area contributed by atoms with Crippen LogP contribution in [0, 0.1) is 13.8 Å². The van der Waals surface area contributed by atoms with Crippen molar-refractivity contribution in [3.05, 3.63) is 80.9 Å². The molecule has 2 heterocycles. The minimum absolute atomic E-state index is 0.0840. The standard InChI is InChI=1S/C27H34N6O3/c1-6-25(26-29-30-31-33(26)11-12-35-4)32(16-20-7-9-23(36-5)10-8-20)17-22-15-21-13-18(2)19(3)14-24(21)28-27(22)34/h7-10,13-15,25H,6,11-12,16-17H2,1-5H3,(H,28,34). The lowest BCUT2D eigenvalue weighted by Gasteiger charge is -2.30. The predicted octanol–water partition coefficient (Wildman–Crippen LogP) is 3.94. The van der Waals surface area contributed by atoms with E-state index in [1.807, 2.05) is 36.4 Å². The minimum atomic E-state index is -0.103. The predicted molar refractivity (Wildman–Crippen MR) is 139 cm³/mol. The summed E-state index contributed by atoms with van der Waals surface area (Å²) in [5, 5.41) is 13.5. The number of rotatable bonds is 11. The number of hydrogen-bond acceptors (Lipinski definition) is 7. The van der Waals surface area contributed by atoms with Crippen LogP contribution in [0.25, 0.3) is 10.9 Å². The highest BCUT2D eigenvalue weighted by molar-refractivity contribution is 5.80. The van der Waals surface area contributed by atoms with Crippen LogP contribution in [-0.2, 0) is 24.4 Å². The lowest BCUT2D eigenvalue weighted by atomic mass is 10.0. The Hall–Kier alpha value is -3.56. The maximum absolute atomic E-state index is 13.1. The molecule has 1 unspecified atom stereocenters. The number of ether oxygens (including phenoxy) is 2. The van der Waals surface area contributed by atoms with Gasteiger partial charge in [0.25, 0.3) is 5.56 Å². The summed E-state index contributed by atoms with van der Waals surface area (Å²) in [5.74, 6) is 1.56. The molecule has 190 valence electrons. The molecule has 1 N–H and O–H groups in total. The molecule has 0 aliphatic rings. The lowest BCUT2D eigenvalue weighted by Crippen LogP contribution is -2.32. The Morgan fingerprint density at radius 3 is 2.50 bits per heavy atom. The van der Waals surface area contributed by atoms with Gasteiger partial charge in [0.2, 0.25) is 0 Å². The molecule has 0 saturated carbocycles. The molecule has 0 radical (unpaired) electrons. The Morgan fingerprint density at radius 1 is 1.06 bits per heavy atom. The van der Waals surface area contributed by atoms with Gasteiger partial charge in [-0.05, 0) is 83.1 Å². The SMILES string of the molecule is CCC(c1nnnn1CCOC)N(Cc1ccc(OC)cc1)Cc1cc2cc(C)c(C)cc2[nH]c1=O. The van der Waals surface area contributed by atoms with E-state index in [2.05, 4.69) is 52.2 Å².